The third kappa shape index (κ3) is 5.25. The number of alkyl halides is 1. The number of anilines is 1. The molecule has 3 heterocycles. The number of aromatic nitrogens is 2. The number of halogens is 1. The number of ether oxygens (including phenoxy) is 1. The molecular weight excluding hydrogens is 435 g/mol. The SMILES string of the molecule is N=CN1CCCCOc2ccc(-c3ccc(CCF)nc3)cc2C(=O)Nc2cccc(n2)C1=N. The lowest BCUT2D eigenvalue weighted by molar-refractivity contribution is 0.102. The van der Waals surface area contributed by atoms with Crippen LogP contribution in [0.2, 0.25) is 0 Å². The Bertz CT molecular complexity index is 1200. The predicted octanol–water partition coefficient (Wildman–Crippen LogP) is 4.31. The Morgan fingerprint density at radius 3 is 2.76 bits per heavy atom. The molecular formula is C25H25FN6O2. The second kappa shape index (κ2) is 10.7. The maximum atomic E-state index is 13.2. The molecule has 2 bridgehead atoms. The lowest BCUT2D eigenvalue weighted by Gasteiger charge is -2.20. The Hall–Kier alpha value is -4.14. The number of nitrogens with one attached hydrogen (secondary N) is 3. The van der Waals surface area contributed by atoms with E-state index in [2.05, 4.69) is 15.3 Å². The molecule has 0 aliphatic carbocycles. The van der Waals surface area contributed by atoms with Crippen LogP contribution in [0.3, 0.4) is 0 Å². The van der Waals surface area contributed by atoms with E-state index in [0.29, 0.717) is 54.5 Å². The second-order valence-corrected chi connectivity index (χ2v) is 7.78. The van der Waals surface area contributed by atoms with Gasteiger partial charge in [-0.15, -0.1) is 0 Å². The van der Waals surface area contributed by atoms with Crippen molar-refractivity contribution in [2.24, 2.45) is 0 Å². The highest BCUT2D eigenvalue weighted by Crippen LogP contribution is 2.28. The number of benzene rings is 1. The van der Waals surface area contributed by atoms with Gasteiger partial charge in [0, 0.05) is 30.4 Å². The fourth-order valence-electron chi connectivity index (χ4n) is 3.63. The van der Waals surface area contributed by atoms with E-state index in [1.807, 2.05) is 12.1 Å². The number of aryl methyl sites for hydroxylation is 1. The molecule has 1 aliphatic rings. The molecule has 0 spiro atoms. The van der Waals surface area contributed by atoms with Gasteiger partial charge in [-0.25, -0.2) is 4.98 Å². The summed E-state index contributed by atoms with van der Waals surface area (Å²) in [5.41, 5.74) is 2.97. The number of hydrogen-bond donors (Lipinski definition) is 3. The van der Waals surface area contributed by atoms with Gasteiger partial charge in [0.2, 0.25) is 0 Å². The molecule has 0 atom stereocenters. The fourth-order valence-corrected chi connectivity index (χ4v) is 3.63. The largest absolute Gasteiger partial charge is 0.493 e. The third-order valence-electron chi connectivity index (χ3n) is 5.46. The van der Waals surface area contributed by atoms with Crippen molar-refractivity contribution >= 4 is 23.9 Å². The van der Waals surface area contributed by atoms with Crippen LogP contribution < -0.4 is 10.1 Å². The highest BCUT2D eigenvalue weighted by atomic mass is 19.1. The van der Waals surface area contributed by atoms with Gasteiger partial charge < -0.3 is 15.0 Å². The number of amidine groups is 1. The summed E-state index contributed by atoms with van der Waals surface area (Å²) >= 11 is 0. The number of nitrogens with zero attached hydrogens (tertiary/aromatic N) is 3. The molecule has 3 N–H and O–H groups in total. The summed E-state index contributed by atoms with van der Waals surface area (Å²) in [6.45, 7) is 0.416. The van der Waals surface area contributed by atoms with Gasteiger partial charge in [0.1, 0.15) is 17.3 Å². The summed E-state index contributed by atoms with van der Waals surface area (Å²) in [7, 11) is 0. The van der Waals surface area contributed by atoms with E-state index in [0.717, 1.165) is 17.5 Å². The number of pyridine rings is 2. The standard InChI is InChI=1S/C25H25FN6O2/c26-11-10-19-8-6-18(15-29-19)17-7-9-22-20(14-17)25(33)31-23-5-3-4-21(30-23)24(28)32(16-27)12-1-2-13-34-22/h3-9,14-16,27-28H,1-2,10-13H2,(H,30,31,33). The molecule has 34 heavy (non-hydrogen) atoms. The van der Waals surface area contributed by atoms with Crippen LogP contribution in [0.15, 0.2) is 54.7 Å². The zero-order chi connectivity index (χ0) is 23.9. The predicted molar refractivity (Wildman–Crippen MR) is 129 cm³/mol. The molecule has 1 aliphatic heterocycles. The van der Waals surface area contributed by atoms with E-state index >= 15 is 0 Å². The van der Waals surface area contributed by atoms with Crippen molar-refractivity contribution in [2.45, 2.75) is 19.3 Å². The molecule has 1 aromatic carbocycles. The smallest absolute Gasteiger partial charge is 0.260 e. The minimum Gasteiger partial charge on any atom is -0.493 e. The van der Waals surface area contributed by atoms with Gasteiger partial charge in [-0.1, -0.05) is 18.2 Å². The van der Waals surface area contributed by atoms with E-state index in [9.17, 15) is 9.18 Å². The van der Waals surface area contributed by atoms with E-state index in [4.69, 9.17) is 15.6 Å². The summed E-state index contributed by atoms with van der Waals surface area (Å²) < 4.78 is 18.5. The number of amides is 1. The summed E-state index contributed by atoms with van der Waals surface area (Å²) in [6.07, 6.45) is 4.43. The number of hydrogen-bond acceptors (Lipinski definition) is 6. The van der Waals surface area contributed by atoms with E-state index < -0.39 is 12.6 Å². The summed E-state index contributed by atoms with van der Waals surface area (Å²) in [5.74, 6) is 0.447. The zero-order valence-electron chi connectivity index (χ0n) is 18.6. The van der Waals surface area contributed by atoms with Gasteiger partial charge >= 0.3 is 0 Å². The Morgan fingerprint density at radius 1 is 1.15 bits per heavy atom. The molecule has 8 nitrogen and oxygen atoms in total. The van der Waals surface area contributed by atoms with Crippen LogP contribution in [0, 0.1) is 10.8 Å². The normalized spacial score (nSPS) is 14.4. The number of carbonyl (C=O) groups excluding carboxylic acids is 1. The molecule has 9 heteroatoms. The molecule has 0 saturated heterocycles. The van der Waals surface area contributed by atoms with Crippen molar-refractivity contribution in [1.82, 2.24) is 14.9 Å². The van der Waals surface area contributed by atoms with E-state index in [1.54, 1.807) is 42.6 Å². The van der Waals surface area contributed by atoms with Gasteiger partial charge in [-0.3, -0.25) is 25.0 Å². The van der Waals surface area contributed by atoms with Crippen LogP contribution in [0.25, 0.3) is 11.1 Å². The van der Waals surface area contributed by atoms with Gasteiger partial charge in [-0.05, 0) is 48.7 Å². The average molecular weight is 461 g/mol. The van der Waals surface area contributed by atoms with Crippen molar-refractivity contribution in [2.75, 3.05) is 25.1 Å². The van der Waals surface area contributed by atoms with Gasteiger partial charge in [0.25, 0.3) is 5.91 Å². The molecule has 2 aromatic heterocycles. The first-order valence-electron chi connectivity index (χ1n) is 11.0. The first kappa shape index (κ1) is 23.0. The van der Waals surface area contributed by atoms with Crippen LogP contribution in [0.1, 0.15) is 34.6 Å². The molecule has 0 fully saturated rings. The maximum Gasteiger partial charge on any atom is 0.260 e. The third-order valence-corrected chi connectivity index (χ3v) is 5.46. The monoisotopic (exact) mass is 460 g/mol. The summed E-state index contributed by atoms with van der Waals surface area (Å²) in [4.78, 5) is 23.4. The van der Waals surface area contributed by atoms with Crippen LogP contribution in [0.4, 0.5) is 10.2 Å². The van der Waals surface area contributed by atoms with E-state index in [-0.39, 0.29) is 12.3 Å². The van der Waals surface area contributed by atoms with Crippen molar-refractivity contribution < 1.29 is 13.9 Å². The lowest BCUT2D eigenvalue weighted by atomic mass is 10.0. The molecule has 174 valence electrons. The number of fused-ring (bicyclic) bond motifs is 3. The Kier molecular flexibility index (Phi) is 7.22. The molecule has 4 rings (SSSR count). The highest BCUT2D eigenvalue weighted by Gasteiger charge is 2.18. The molecule has 0 saturated carbocycles. The molecule has 0 unspecified atom stereocenters. The molecule has 0 radical (unpaired) electrons. The second-order valence-electron chi connectivity index (χ2n) is 7.78. The maximum absolute atomic E-state index is 13.2. The summed E-state index contributed by atoms with van der Waals surface area (Å²) in [5, 5.41) is 18.8. The minimum absolute atomic E-state index is 0.0930. The highest BCUT2D eigenvalue weighted by molar-refractivity contribution is 6.07. The van der Waals surface area contributed by atoms with Crippen molar-refractivity contribution in [3.63, 3.8) is 0 Å². The average Bonchev–Trinajstić information content (AvgIpc) is 2.86. The summed E-state index contributed by atoms with van der Waals surface area (Å²) in [6, 6.07) is 14.0. The molecule has 3 aromatic rings. The number of carbonyl (C=O) groups is 1. The van der Waals surface area contributed by atoms with Crippen molar-refractivity contribution in [1.29, 1.82) is 10.8 Å². The van der Waals surface area contributed by atoms with Crippen LogP contribution in [-0.4, -0.2) is 52.8 Å². The van der Waals surface area contributed by atoms with Crippen LogP contribution >= 0.6 is 0 Å². The Morgan fingerprint density at radius 2 is 2.00 bits per heavy atom. The van der Waals surface area contributed by atoms with Gasteiger partial charge in [0.15, 0.2) is 5.84 Å². The Labute approximate surface area is 196 Å². The first-order valence-corrected chi connectivity index (χ1v) is 11.0. The zero-order valence-corrected chi connectivity index (χ0v) is 18.6. The van der Waals surface area contributed by atoms with E-state index in [1.165, 1.54) is 4.90 Å². The topological polar surface area (TPSA) is 115 Å². The molecule has 1 amide bonds. The van der Waals surface area contributed by atoms with Crippen molar-refractivity contribution in [3.8, 4) is 16.9 Å². The van der Waals surface area contributed by atoms with Crippen LogP contribution in [-0.2, 0) is 6.42 Å². The minimum atomic E-state index is -0.461. The quantitative estimate of drug-likeness (QED) is 0.396. The first-order chi connectivity index (χ1) is 16.6. The van der Waals surface area contributed by atoms with Crippen LogP contribution in [0.5, 0.6) is 5.75 Å². The fraction of sp³-hybridized carbons (Fsp3) is 0.240. The van der Waals surface area contributed by atoms with Gasteiger partial charge in [0.05, 0.1) is 25.2 Å². The van der Waals surface area contributed by atoms with Gasteiger partial charge in [-0.2, -0.15) is 0 Å². The van der Waals surface area contributed by atoms with Crippen molar-refractivity contribution in [3.05, 3.63) is 71.7 Å². The number of rotatable bonds is 4. The lowest BCUT2D eigenvalue weighted by Crippen LogP contribution is -2.31. The Balaban J connectivity index is 1.68.